The summed E-state index contributed by atoms with van der Waals surface area (Å²) < 4.78 is 21.3. The van der Waals surface area contributed by atoms with Crippen LogP contribution in [-0.4, -0.2) is 13.6 Å². The van der Waals surface area contributed by atoms with Gasteiger partial charge in [-0.3, -0.25) is 0 Å². The Morgan fingerprint density at radius 1 is 0.600 bits per heavy atom. The molecule has 0 aliphatic carbocycles. The molecule has 6 heteroatoms. The van der Waals surface area contributed by atoms with Crippen molar-refractivity contribution in [2.24, 2.45) is 0 Å². The molecule has 0 fully saturated rings. The van der Waals surface area contributed by atoms with Crippen LogP contribution in [0.4, 0.5) is 0 Å². The highest BCUT2D eigenvalue weighted by Crippen LogP contribution is 2.44. The second-order valence-electron chi connectivity index (χ2n) is 4.20. The smallest absolute Gasteiger partial charge is 0.231 e. The second kappa shape index (κ2) is 5.03. The molecular weight excluding hydrogens is 296 g/mol. The van der Waals surface area contributed by atoms with Crippen molar-refractivity contribution in [3.05, 3.63) is 36.4 Å². The maximum absolute atomic E-state index is 5.37. The topological polar surface area (TPSA) is 36.9 Å². The summed E-state index contributed by atoms with van der Waals surface area (Å²) in [6, 6.07) is 11.9. The van der Waals surface area contributed by atoms with Crippen LogP contribution < -0.4 is 18.9 Å². The zero-order chi connectivity index (χ0) is 13.4. The molecule has 0 amide bonds. The molecule has 0 N–H and O–H groups in total. The number of hydrogen-bond donors (Lipinski definition) is 0. The van der Waals surface area contributed by atoms with Crippen molar-refractivity contribution in [3.8, 4) is 23.0 Å². The molecule has 0 bridgehead atoms. The van der Waals surface area contributed by atoms with Crippen LogP contribution in [0.25, 0.3) is 0 Å². The average molecular weight is 306 g/mol. The van der Waals surface area contributed by atoms with Crippen molar-refractivity contribution >= 4 is 21.6 Å². The Morgan fingerprint density at radius 2 is 1.05 bits per heavy atom. The molecule has 0 saturated carbocycles. The Bertz CT molecular complexity index is 602. The average Bonchev–Trinajstić information content (AvgIpc) is 3.12. The van der Waals surface area contributed by atoms with Crippen LogP contribution in [0, 0.1) is 0 Å². The van der Waals surface area contributed by atoms with E-state index < -0.39 is 0 Å². The summed E-state index contributed by atoms with van der Waals surface area (Å²) in [5.41, 5.74) is 0. The SMILES string of the molecule is c1cc2c(cc1SSc1ccc3c(c1)OCO3)OCO2. The zero-order valence-corrected chi connectivity index (χ0v) is 12.0. The van der Waals surface area contributed by atoms with Gasteiger partial charge in [-0.05, 0) is 36.4 Å². The fourth-order valence-electron chi connectivity index (χ4n) is 1.95. The maximum Gasteiger partial charge on any atom is 0.231 e. The van der Waals surface area contributed by atoms with E-state index in [0.717, 1.165) is 32.8 Å². The van der Waals surface area contributed by atoms with Gasteiger partial charge in [-0.1, -0.05) is 21.6 Å². The van der Waals surface area contributed by atoms with E-state index in [-0.39, 0.29) is 0 Å². The van der Waals surface area contributed by atoms with E-state index in [1.807, 2.05) is 36.4 Å². The van der Waals surface area contributed by atoms with Gasteiger partial charge < -0.3 is 18.9 Å². The molecular formula is C14H10O4S2. The molecule has 4 nitrogen and oxygen atoms in total. The van der Waals surface area contributed by atoms with Crippen LogP contribution in [0.3, 0.4) is 0 Å². The van der Waals surface area contributed by atoms with Crippen molar-refractivity contribution in [1.82, 2.24) is 0 Å². The third kappa shape index (κ3) is 2.25. The van der Waals surface area contributed by atoms with E-state index in [4.69, 9.17) is 18.9 Å². The summed E-state index contributed by atoms with van der Waals surface area (Å²) in [5.74, 6) is 3.23. The molecule has 2 heterocycles. The van der Waals surface area contributed by atoms with Crippen molar-refractivity contribution in [2.75, 3.05) is 13.6 Å². The normalized spacial score (nSPS) is 14.6. The van der Waals surface area contributed by atoms with Crippen molar-refractivity contribution in [2.45, 2.75) is 9.79 Å². The summed E-state index contributed by atoms with van der Waals surface area (Å²) in [5, 5.41) is 0. The zero-order valence-electron chi connectivity index (χ0n) is 10.3. The molecule has 0 radical (unpaired) electrons. The summed E-state index contributed by atoms with van der Waals surface area (Å²) in [6.45, 7) is 0.609. The lowest BCUT2D eigenvalue weighted by molar-refractivity contribution is 0.173. The molecule has 4 rings (SSSR count). The van der Waals surface area contributed by atoms with Crippen molar-refractivity contribution < 1.29 is 18.9 Å². The predicted molar refractivity (Wildman–Crippen MR) is 76.8 cm³/mol. The minimum Gasteiger partial charge on any atom is -0.454 e. The van der Waals surface area contributed by atoms with Gasteiger partial charge in [0.05, 0.1) is 0 Å². The highest BCUT2D eigenvalue weighted by atomic mass is 33.1. The predicted octanol–water partition coefficient (Wildman–Crippen LogP) is 3.94. The lowest BCUT2D eigenvalue weighted by Crippen LogP contribution is -1.92. The van der Waals surface area contributed by atoms with Crippen LogP contribution in [0.2, 0.25) is 0 Å². The molecule has 0 saturated heterocycles. The minimum absolute atomic E-state index is 0.304. The first-order valence-electron chi connectivity index (χ1n) is 6.02. The third-order valence-corrected chi connectivity index (χ3v) is 5.30. The standard InChI is InChI=1S/C14H10O4S2/c1-3-11-13(17-7-15-11)5-9(1)19-20-10-2-4-12-14(6-10)18-8-16-12/h1-6H,7-8H2. The van der Waals surface area contributed by atoms with Gasteiger partial charge in [0.1, 0.15) is 0 Å². The van der Waals surface area contributed by atoms with Gasteiger partial charge >= 0.3 is 0 Å². The largest absolute Gasteiger partial charge is 0.454 e. The van der Waals surface area contributed by atoms with E-state index in [2.05, 4.69) is 0 Å². The molecule has 0 unspecified atom stereocenters. The Labute approximate surface area is 123 Å². The van der Waals surface area contributed by atoms with Gasteiger partial charge in [-0.2, -0.15) is 0 Å². The summed E-state index contributed by atoms with van der Waals surface area (Å²) >= 11 is 0. The molecule has 20 heavy (non-hydrogen) atoms. The van der Waals surface area contributed by atoms with Crippen LogP contribution in [0.15, 0.2) is 46.2 Å². The highest BCUT2D eigenvalue weighted by molar-refractivity contribution is 8.76. The monoisotopic (exact) mass is 306 g/mol. The molecule has 2 aliphatic rings. The second-order valence-corrected chi connectivity index (χ2v) is 6.47. The molecule has 2 aliphatic heterocycles. The fourth-order valence-corrected chi connectivity index (χ4v) is 3.90. The number of hydrogen-bond acceptors (Lipinski definition) is 6. The van der Waals surface area contributed by atoms with Gasteiger partial charge in [0.2, 0.25) is 13.6 Å². The minimum atomic E-state index is 0.304. The van der Waals surface area contributed by atoms with Gasteiger partial charge in [-0.25, -0.2) is 0 Å². The number of rotatable bonds is 3. The van der Waals surface area contributed by atoms with Crippen LogP contribution in [0.5, 0.6) is 23.0 Å². The quantitative estimate of drug-likeness (QED) is 0.799. The summed E-state index contributed by atoms with van der Waals surface area (Å²) in [7, 11) is 3.34. The van der Waals surface area contributed by atoms with Gasteiger partial charge in [-0.15, -0.1) is 0 Å². The lowest BCUT2D eigenvalue weighted by atomic mass is 10.3. The lowest BCUT2D eigenvalue weighted by Gasteiger charge is -2.03. The van der Waals surface area contributed by atoms with Crippen molar-refractivity contribution in [1.29, 1.82) is 0 Å². The maximum atomic E-state index is 5.37. The number of ether oxygens (including phenoxy) is 4. The summed E-state index contributed by atoms with van der Waals surface area (Å²) in [4.78, 5) is 2.24. The first-order chi connectivity index (χ1) is 9.88. The van der Waals surface area contributed by atoms with Crippen LogP contribution in [-0.2, 0) is 0 Å². The van der Waals surface area contributed by atoms with E-state index in [1.54, 1.807) is 21.6 Å². The Balaban J connectivity index is 1.47. The van der Waals surface area contributed by atoms with Gasteiger partial charge in [0, 0.05) is 9.79 Å². The van der Waals surface area contributed by atoms with Gasteiger partial charge in [0.25, 0.3) is 0 Å². The molecule has 0 aromatic heterocycles. The summed E-state index contributed by atoms with van der Waals surface area (Å²) in [6.07, 6.45) is 0. The molecule has 0 spiro atoms. The molecule has 2 aromatic rings. The number of benzene rings is 2. The Kier molecular flexibility index (Phi) is 3.05. The number of fused-ring (bicyclic) bond motifs is 2. The fraction of sp³-hybridized carbons (Fsp3) is 0.143. The van der Waals surface area contributed by atoms with Crippen LogP contribution >= 0.6 is 21.6 Å². The molecule has 0 atom stereocenters. The first kappa shape index (κ1) is 12.1. The van der Waals surface area contributed by atoms with E-state index in [9.17, 15) is 0 Å². The van der Waals surface area contributed by atoms with Crippen molar-refractivity contribution in [3.63, 3.8) is 0 Å². The Hall–Kier alpha value is -1.66. The first-order valence-corrected chi connectivity index (χ1v) is 8.17. The van der Waals surface area contributed by atoms with E-state index in [0.29, 0.717) is 13.6 Å². The van der Waals surface area contributed by atoms with Gasteiger partial charge in [0.15, 0.2) is 23.0 Å². The van der Waals surface area contributed by atoms with Crippen LogP contribution in [0.1, 0.15) is 0 Å². The Morgan fingerprint density at radius 3 is 1.55 bits per heavy atom. The van der Waals surface area contributed by atoms with E-state index in [1.165, 1.54) is 0 Å². The van der Waals surface area contributed by atoms with E-state index >= 15 is 0 Å². The molecule has 102 valence electrons. The highest BCUT2D eigenvalue weighted by Gasteiger charge is 2.15. The molecule has 2 aromatic carbocycles. The third-order valence-electron chi connectivity index (χ3n) is 2.92.